The summed E-state index contributed by atoms with van der Waals surface area (Å²) < 4.78 is 8.02. The molecule has 0 N–H and O–H groups in total. The quantitative estimate of drug-likeness (QED) is 0.526. The van der Waals surface area contributed by atoms with E-state index in [1.54, 1.807) is 11.8 Å². The van der Waals surface area contributed by atoms with Gasteiger partial charge < -0.3 is 9.30 Å². The second-order valence-corrected chi connectivity index (χ2v) is 8.29. The molecule has 0 amide bonds. The third kappa shape index (κ3) is 4.21. The first-order chi connectivity index (χ1) is 12.5. The second-order valence-electron chi connectivity index (χ2n) is 6.99. The molecule has 2 atom stereocenters. The van der Waals surface area contributed by atoms with Crippen molar-refractivity contribution in [3.05, 3.63) is 46.8 Å². The minimum Gasteiger partial charge on any atom is -0.376 e. The standard InChI is InChI=1S/C21H28N2O2S/c1-5-17-8-10-18(11-9-17)20(24)16(4)26-21-22-14(2)15(3)23(21)13-19-7-6-12-25-19/h8-11,16,19H,5-7,12-13H2,1-4H3. The third-order valence-electron chi connectivity index (χ3n) is 5.13. The zero-order valence-electron chi connectivity index (χ0n) is 16.1. The van der Waals surface area contributed by atoms with Crippen LogP contribution in [0.1, 0.15) is 54.0 Å². The number of rotatable bonds is 7. The summed E-state index contributed by atoms with van der Waals surface area (Å²) in [4.78, 5) is 17.5. The Labute approximate surface area is 160 Å². The fourth-order valence-corrected chi connectivity index (χ4v) is 4.36. The van der Waals surface area contributed by atoms with Crippen LogP contribution in [0.25, 0.3) is 0 Å². The Morgan fingerprint density at radius 3 is 2.69 bits per heavy atom. The topological polar surface area (TPSA) is 44.1 Å². The van der Waals surface area contributed by atoms with Crippen molar-refractivity contribution in [3.8, 4) is 0 Å². The van der Waals surface area contributed by atoms with E-state index in [0.29, 0.717) is 0 Å². The van der Waals surface area contributed by atoms with Crippen LogP contribution in [0.2, 0.25) is 0 Å². The van der Waals surface area contributed by atoms with E-state index in [1.807, 2.05) is 38.1 Å². The van der Waals surface area contributed by atoms with E-state index in [4.69, 9.17) is 9.72 Å². The van der Waals surface area contributed by atoms with Crippen molar-refractivity contribution in [2.24, 2.45) is 0 Å². The molecule has 2 aromatic rings. The smallest absolute Gasteiger partial charge is 0.175 e. The van der Waals surface area contributed by atoms with Gasteiger partial charge in [0.25, 0.3) is 0 Å². The molecule has 3 rings (SSSR count). The number of imidazole rings is 1. The van der Waals surface area contributed by atoms with E-state index in [9.17, 15) is 4.79 Å². The molecule has 1 saturated heterocycles. The highest BCUT2D eigenvalue weighted by atomic mass is 32.2. The first-order valence-corrected chi connectivity index (χ1v) is 10.3. The molecule has 4 nitrogen and oxygen atoms in total. The zero-order valence-corrected chi connectivity index (χ0v) is 16.9. The number of nitrogens with zero attached hydrogens (tertiary/aromatic N) is 2. The van der Waals surface area contributed by atoms with Gasteiger partial charge in [-0.05, 0) is 45.6 Å². The van der Waals surface area contributed by atoms with E-state index in [2.05, 4.69) is 18.4 Å². The fraction of sp³-hybridized carbons (Fsp3) is 0.524. The van der Waals surface area contributed by atoms with Gasteiger partial charge in [-0.2, -0.15) is 0 Å². The second kappa shape index (κ2) is 8.40. The lowest BCUT2D eigenvalue weighted by atomic mass is 10.1. The third-order valence-corrected chi connectivity index (χ3v) is 6.22. The number of Topliss-reactive ketones (excluding diaryl/α,β-unsaturated/α-hetero) is 1. The van der Waals surface area contributed by atoms with Crippen LogP contribution in [0, 0.1) is 13.8 Å². The van der Waals surface area contributed by atoms with Crippen molar-refractivity contribution in [1.82, 2.24) is 9.55 Å². The first-order valence-electron chi connectivity index (χ1n) is 9.44. The number of carbonyl (C=O) groups excluding carboxylic acids is 1. The minimum absolute atomic E-state index is 0.152. The Bertz CT molecular complexity index is 761. The predicted octanol–water partition coefficient (Wildman–Crippen LogP) is 4.60. The van der Waals surface area contributed by atoms with Gasteiger partial charge in [-0.1, -0.05) is 43.0 Å². The normalized spacial score (nSPS) is 18.2. The number of hydrogen-bond donors (Lipinski definition) is 0. The molecule has 1 aromatic carbocycles. The first kappa shape index (κ1) is 19.2. The zero-order chi connectivity index (χ0) is 18.7. The molecule has 0 saturated carbocycles. The predicted molar refractivity (Wildman–Crippen MR) is 106 cm³/mol. The van der Waals surface area contributed by atoms with E-state index >= 15 is 0 Å². The highest BCUT2D eigenvalue weighted by Crippen LogP contribution is 2.29. The largest absolute Gasteiger partial charge is 0.376 e. The highest BCUT2D eigenvalue weighted by molar-refractivity contribution is 8.00. The summed E-state index contributed by atoms with van der Waals surface area (Å²) in [6.07, 6.45) is 3.47. The monoisotopic (exact) mass is 372 g/mol. The van der Waals surface area contributed by atoms with Crippen molar-refractivity contribution in [3.63, 3.8) is 0 Å². The molecule has 0 spiro atoms. The Hall–Kier alpha value is -1.59. The van der Waals surface area contributed by atoms with E-state index in [-0.39, 0.29) is 17.1 Å². The van der Waals surface area contributed by atoms with Crippen molar-refractivity contribution < 1.29 is 9.53 Å². The summed E-state index contributed by atoms with van der Waals surface area (Å²) in [7, 11) is 0. The molecular weight excluding hydrogens is 344 g/mol. The van der Waals surface area contributed by atoms with Crippen LogP contribution >= 0.6 is 11.8 Å². The van der Waals surface area contributed by atoms with Gasteiger partial charge in [0.2, 0.25) is 0 Å². The number of hydrogen-bond acceptors (Lipinski definition) is 4. The van der Waals surface area contributed by atoms with E-state index < -0.39 is 0 Å². The number of thioether (sulfide) groups is 1. The van der Waals surface area contributed by atoms with Gasteiger partial charge in [0, 0.05) is 17.9 Å². The molecule has 0 radical (unpaired) electrons. The minimum atomic E-state index is -0.174. The van der Waals surface area contributed by atoms with Crippen LogP contribution in [0.15, 0.2) is 29.4 Å². The SMILES string of the molecule is CCc1ccc(C(=O)C(C)Sc2nc(C)c(C)n2CC2CCCO2)cc1. The summed E-state index contributed by atoms with van der Waals surface area (Å²) in [5.74, 6) is 0.152. The van der Waals surface area contributed by atoms with E-state index in [1.165, 1.54) is 5.56 Å². The lowest BCUT2D eigenvalue weighted by molar-refractivity contribution is 0.0944. The number of aromatic nitrogens is 2. The fourth-order valence-electron chi connectivity index (χ4n) is 3.27. The Kier molecular flexibility index (Phi) is 6.20. The molecule has 0 aliphatic carbocycles. The summed E-state index contributed by atoms with van der Waals surface area (Å²) in [6.45, 7) is 9.88. The Balaban J connectivity index is 1.74. The molecule has 2 heterocycles. The van der Waals surface area contributed by atoms with Crippen LogP contribution in [-0.2, 0) is 17.7 Å². The summed E-state index contributed by atoms with van der Waals surface area (Å²) in [6, 6.07) is 7.95. The van der Waals surface area contributed by atoms with Crippen molar-refractivity contribution in [2.45, 2.75) is 70.0 Å². The van der Waals surface area contributed by atoms with Crippen molar-refractivity contribution >= 4 is 17.5 Å². The van der Waals surface area contributed by atoms with Gasteiger partial charge in [0.15, 0.2) is 10.9 Å². The summed E-state index contributed by atoms with van der Waals surface area (Å²) in [5.41, 5.74) is 4.21. The van der Waals surface area contributed by atoms with Gasteiger partial charge in [-0.25, -0.2) is 4.98 Å². The molecule has 5 heteroatoms. The van der Waals surface area contributed by atoms with Crippen LogP contribution < -0.4 is 0 Å². The molecule has 0 bridgehead atoms. The number of carbonyl (C=O) groups is 1. The molecule has 140 valence electrons. The van der Waals surface area contributed by atoms with Crippen LogP contribution in [0.5, 0.6) is 0 Å². The molecular formula is C21H28N2O2S. The molecule has 1 aliphatic rings. The maximum atomic E-state index is 12.8. The van der Waals surface area contributed by atoms with Crippen LogP contribution in [-0.4, -0.2) is 33.3 Å². The lowest BCUT2D eigenvalue weighted by Crippen LogP contribution is -2.19. The Morgan fingerprint density at radius 1 is 1.35 bits per heavy atom. The van der Waals surface area contributed by atoms with Gasteiger partial charge in [-0.3, -0.25) is 4.79 Å². The summed E-state index contributed by atoms with van der Waals surface area (Å²) >= 11 is 1.55. The molecule has 1 fully saturated rings. The Morgan fingerprint density at radius 2 is 2.08 bits per heavy atom. The average molecular weight is 373 g/mol. The maximum absolute atomic E-state index is 12.8. The van der Waals surface area contributed by atoms with Crippen LogP contribution in [0.3, 0.4) is 0 Å². The summed E-state index contributed by atoms with van der Waals surface area (Å²) in [5, 5.41) is 0.744. The number of benzene rings is 1. The lowest BCUT2D eigenvalue weighted by Gasteiger charge is -2.16. The molecule has 2 unspecified atom stereocenters. The van der Waals surface area contributed by atoms with Gasteiger partial charge in [0.05, 0.1) is 23.6 Å². The van der Waals surface area contributed by atoms with Gasteiger partial charge in [0.1, 0.15) is 0 Å². The highest BCUT2D eigenvalue weighted by Gasteiger charge is 2.23. The van der Waals surface area contributed by atoms with Crippen LogP contribution in [0.4, 0.5) is 0 Å². The molecule has 1 aromatic heterocycles. The number of aryl methyl sites for hydroxylation is 2. The number of ketones is 1. The molecule has 1 aliphatic heterocycles. The van der Waals surface area contributed by atoms with Gasteiger partial charge >= 0.3 is 0 Å². The maximum Gasteiger partial charge on any atom is 0.175 e. The van der Waals surface area contributed by atoms with Crippen molar-refractivity contribution in [1.29, 1.82) is 0 Å². The van der Waals surface area contributed by atoms with Crippen molar-refractivity contribution in [2.75, 3.05) is 6.61 Å². The van der Waals surface area contributed by atoms with Gasteiger partial charge in [-0.15, -0.1) is 0 Å². The number of ether oxygens (including phenoxy) is 1. The molecule has 26 heavy (non-hydrogen) atoms. The average Bonchev–Trinajstić information content (AvgIpc) is 3.25. The van der Waals surface area contributed by atoms with E-state index in [0.717, 1.165) is 54.5 Å².